The van der Waals surface area contributed by atoms with Crippen LogP contribution in [0, 0.1) is 10.8 Å². The summed E-state index contributed by atoms with van der Waals surface area (Å²) in [4.78, 5) is 1.79. The molecule has 0 bridgehead atoms. The first-order valence-electron chi connectivity index (χ1n) is 4.22. The van der Waals surface area contributed by atoms with Crippen molar-refractivity contribution in [2.45, 2.75) is 19.8 Å². The van der Waals surface area contributed by atoms with E-state index >= 15 is 0 Å². The number of halogens is 1. The third-order valence-corrected chi connectivity index (χ3v) is 2.63. The Kier molecular flexibility index (Phi) is 2.55. The standard InChI is InChI=1S/C8H16FN3/c1-8(6-9)2-4-12(5-3-8)7(10)11/h2-6H2,1H3,(H3,10,11). The van der Waals surface area contributed by atoms with Gasteiger partial charge in [-0.15, -0.1) is 0 Å². The third kappa shape index (κ3) is 1.87. The van der Waals surface area contributed by atoms with Gasteiger partial charge in [0.1, 0.15) is 0 Å². The Morgan fingerprint density at radius 2 is 2.08 bits per heavy atom. The molecule has 1 rings (SSSR count). The van der Waals surface area contributed by atoms with Crippen molar-refractivity contribution in [3.63, 3.8) is 0 Å². The van der Waals surface area contributed by atoms with Crippen LogP contribution in [-0.2, 0) is 0 Å². The van der Waals surface area contributed by atoms with Gasteiger partial charge in [-0.3, -0.25) is 9.80 Å². The molecule has 0 aromatic rings. The number of nitrogens with two attached hydrogens (primary N) is 1. The van der Waals surface area contributed by atoms with Crippen LogP contribution in [0.15, 0.2) is 0 Å². The molecule has 0 atom stereocenters. The van der Waals surface area contributed by atoms with Crippen molar-refractivity contribution < 1.29 is 4.39 Å². The lowest BCUT2D eigenvalue weighted by Gasteiger charge is -2.37. The Bertz CT molecular complexity index is 173. The van der Waals surface area contributed by atoms with Gasteiger partial charge in [0.2, 0.25) is 0 Å². The third-order valence-electron chi connectivity index (χ3n) is 2.63. The molecule has 0 spiro atoms. The molecule has 1 aliphatic heterocycles. The smallest absolute Gasteiger partial charge is 0.188 e. The minimum Gasteiger partial charge on any atom is -0.370 e. The van der Waals surface area contributed by atoms with E-state index in [9.17, 15) is 4.39 Å². The van der Waals surface area contributed by atoms with E-state index in [1.807, 2.05) is 6.92 Å². The summed E-state index contributed by atoms with van der Waals surface area (Å²) in [5.41, 5.74) is 5.14. The van der Waals surface area contributed by atoms with Gasteiger partial charge in [0.05, 0.1) is 6.67 Å². The molecule has 0 aromatic carbocycles. The Morgan fingerprint density at radius 1 is 1.58 bits per heavy atom. The monoisotopic (exact) mass is 173 g/mol. The second kappa shape index (κ2) is 3.29. The molecule has 0 saturated carbocycles. The highest BCUT2D eigenvalue weighted by Crippen LogP contribution is 2.30. The zero-order chi connectivity index (χ0) is 9.19. The molecule has 1 saturated heterocycles. The Morgan fingerprint density at radius 3 is 2.42 bits per heavy atom. The molecule has 1 aliphatic rings. The topological polar surface area (TPSA) is 53.1 Å². The zero-order valence-electron chi connectivity index (χ0n) is 7.44. The maximum atomic E-state index is 12.5. The van der Waals surface area contributed by atoms with Gasteiger partial charge in [-0.25, -0.2) is 0 Å². The van der Waals surface area contributed by atoms with E-state index in [-0.39, 0.29) is 18.0 Å². The van der Waals surface area contributed by atoms with Gasteiger partial charge in [-0.2, -0.15) is 0 Å². The average Bonchev–Trinajstić information content (AvgIpc) is 2.05. The van der Waals surface area contributed by atoms with Gasteiger partial charge in [-0.05, 0) is 18.3 Å². The summed E-state index contributed by atoms with van der Waals surface area (Å²) in [5.74, 6) is 0.107. The molecule has 70 valence electrons. The van der Waals surface area contributed by atoms with E-state index in [0.29, 0.717) is 0 Å². The molecule has 12 heavy (non-hydrogen) atoms. The maximum absolute atomic E-state index is 12.5. The van der Waals surface area contributed by atoms with Crippen molar-refractivity contribution in [1.29, 1.82) is 5.41 Å². The van der Waals surface area contributed by atoms with Crippen LogP contribution < -0.4 is 5.73 Å². The number of guanidine groups is 1. The lowest BCUT2D eigenvalue weighted by atomic mass is 9.82. The summed E-state index contributed by atoms with van der Waals surface area (Å²) in [5, 5.41) is 7.19. The summed E-state index contributed by atoms with van der Waals surface area (Å²) in [6.07, 6.45) is 1.59. The van der Waals surface area contributed by atoms with Gasteiger partial charge < -0.3 is 10.6 Å². The van der Waals surface area contributed by atoms with Crippen molar-refractivity contribution in [3.05, 3.63) is 0 Å². The molecule has 0 radical (unpaired) electrons. The van der Waals surface area contributed by atoms with Crippen molar-refractivity contribution in [3.8, 4) is 0 Å². The first kappa shape index (κ1) is 9.29. The minimum absolute atomic E-state index is 0.107. The quantitative estimate of drug-likeness (QED) is 0.458. The summed E-state index contributed by atoms with van der Waals surface area (Å²) in [6.45, 7) is 3.12. The predicted octanol–water partition coefficient (Wildman–Crippen LogP) is 0.951. The van der Waals surface area contributed by atoms with Crippen molar-refractivity contribution >= 4 is 5.96 Å². The lowest BCUT2D eigenvalue weighted by molar-refractivity contribution is 0.128. The van der Waals surface area contributed by atoms with E-state index in [0.717, 1.165) is 25.9 Å². The molecular weight excluding hydrogens is 157 g/mol. The highest BCUT2D eigenvalue weighted by molar-refractivity contribution is 5.74. The van der Waals surface area contributed by atoms with Gasteiger partial charge in [-0.1, -0.05) is 6.92 Å². The van der Waals surface area contributed by atoms with Crippen molar-refractivity contribution in [2.24, 2.45) is 11.1 Å². The fourth-order valence-electron chi connectivity index (χ4n) is 1.42. The van der Waals surface area contributed by atoms with Crippen LogP contribution in [0.3, 0.4) is 0 Å². The van der Waals surface area contributed by atoms with Crippen molar-refractivity contribution in [2.75, 3.05) is 19.8 Å². The number of alkyl halides is 1. The number of piperidine rings is 1. The zero-order valence-corrected chi connectivity index (χ0v) is 7.44. The van der Waals surface area contributed by atoms with E-state index in [1.165, 1.54) is 0 Å². The SMILES string of the molecule is CC1(CF)CCN(C(=N)N)CC1. The molecular formula is C8H16FN3. The molecule has 0 amide bonds. The first-order chi connectivity index (χ1) is 5.57. The minimum atomic E-state index is -0.265. The van der Waals surface area contributed by atoms with Gasteiger partial charge >= 0.3 is 0 Å². The van der Waals surface area contributed by atoms with E-state index in [2.05, 4.69) is 0 Å². The largest absolute Gasteiger partial charge is 0.370 e. The van der Waals surface area contributed by atoms with Crippen LogP contribution in [0.4, 0.5) is 4.39 Å². The Hall–Kier alpha value is -0.800. The van der Waals surface area contributed by atoms with Crippen LogP contribution in [0.5, 0.6) is 0 Å². The summed E-state index contributed by atoms with van der Waals surface area (Å²) in [6, 6.07) is 0. The summed E-state index contributed by atoms with van der Waals surface area (Å²) >= 11 is 0. The van der Waals surface area contributed by atoms with Gasteiger partial charge in [0.25, 0.3) is 0 Å². The van der Waals surface area contributed by atoms with Gasteiger partial charge in [0, 0.05) is 13.1 Å². The molecule has 0 aliphatic carbocycles. The van der Waals surface area contributed by atoms with Crippen molar-refractivity contribution in [1.82, 2.24) is 4.90 Å². The number of rotatable bonds is 1. The highest BCUT2D eigenvalue weighted by Gasteiger charge is 2.30. The van der Waals surface area contributed by atoms with Crippen LogP contribution in [0.25, 0.3) is 0 Å². The van der Waals surface area contributed by atoms with E-state index < -0.39 is 0 Å². The molecule has 0 aromatic heterocycles. The molecule has 4 heteroatoms. The Labute approximate surface area is 72.2 Å². The number of nitrogens with one attached hydrogen (secondary N) is 1. The number of nitrogens with zero attached hydrogens (tertiary/aromatic N) is 1. The summed E-state index contributed by atoms with van der Waals surface area (Å²) < 4.78 is 12.5. The number of hydrogen-bond acceptors (Lipinski definition) is 1. The molecule has 3 N–H and O–H groups in total. The highest BCUT2D eigenvalue weighted by atomic mass is 19.1. The average molecular weight is 173 g/mol. The van der Waals surface area contributed by atoms with Crippen LogP contribution in [-0.4, -0.2) is 30.6 Å². The van der Waals surface area contributed by atoms with Crippen LogP contribution in [0.2, 0.25) is 0 Å². The molecule has 0 unspecified atom stereocenters. The molecule has 3 nitrogen and oxygen atoms in total. The number of likely N-dealkylation sites (tertiary alicyclic amines) is 1. The van der Waals surface area contributed by atoms with Crippen LogP contribution >= 0.6 is 0 Å². The number of hydrogen-bond donors (Lipinski definition) is 2. The second-order valence-corrected chi connectivity index (χ2v) is 3.82. The predicted molar refractivity (Wildman–Crippen MR) is 46.8 cm³/mol. The first-order valence-corrected chi connectivity index (χ1v) is 4.22. The van der Waals surface area contributed by atoms with Crippen LogP contribution in [0.1, 0.15) is 19.8 Å². The second-order valence-electron chi connectivity index (χ2n) is 3.82. The van der Waals surface area contributed by atoms with Gasteiger partial charge in [0.15, 0.2) is 5.96 Å². The summed E-state index contributed by atoms with van der Waals surface area (Å²) in [7, 11) is 0. The van der Waals surface area contributed by atoms with E-state index in [4.69, 9.17) is 11.1 Å². The lowest BCUT2D eigenvalue weighted by Crippen LogP contribution is -2.45. The molecule has 1 fully saturated rings. The normalized spacial score (nSPS) is 22.3. The maximum Gasteiger partial charge on any atom is 0.188 e. The fourth-order valence-corrected chi connectivity index (χ4v) is 1.42. The van der Waals surface area contributed by atoms with E-state index in [1.54, 1.807) is 4.90 Å². The molecule has 1 heterocycles. The Balaban J connectivity index is 2.44. The fraction of sp³-hybridized carbons (Fsp3) is 0.875.